The average molecular weight is 246 g/mol. The molecule has 1 aliphatic carbocycles. The minimum absolute atomic E-state index is 0.0427. The lowest BCUT2D eigenvalue weighted by atomic mass is 10.0. The highest BCUT2D eigenvalue weighted by Crippen LogP contribution is 2.40. The van der Waals surface area contributed by atoms with Crippen molar-refractivity contribution in [1.29, 1.82) is 0 Å². The van der Waals surface area contributed by atoms with Crippen LogP contribution in [0.25, 0.3) is 0 Å². The maximum absolute atomic E-state index is 11.8. The molecule has 0 aliphatic heterocycles. The number of carbonyl (C=O) groups excluding carboxylic acids is 1. The highest BCUT2D eigenvalue weighted by Gasteiger charge is 2.39. The van der Waals surface area contributed by atoms with Crippen LogP contribution in [0.5, 0.6) is 0 Å². The van der Waals surface area contributed by atoms with Gasteiger partial charge in [0.05, 0.1) is 0 Å². The van der Waals surface area contributed by atoms with Gasteiger partial charge in [0.1, 0.15) is 0 Å². The van der Waals surface area contributed by atoms with E-state index in [0.717, 1.165) is 6.42 Å². The van der Waals surface area contributed by atoms with E-state index >= 15 is 0 Å². The molecule has 3 atom stereocenters. The minimum Gasteiger partial charge on any atom is -0.353 e. The Balaban J connectivity index is 1.78. The summed E-state index contributed by atoms with van der Waals surface area (Å²) in [6, 6.07) is 10.6. The van der Waals surface area contributed by atoms with Crippen molar-refractivity contribution in [3.8, 4) is 0 Å². The quantitative estimate of drug-likeness (QED) is 0.835. The van der Waals surface area contributed by atoms with E-state index in [1.54, 1.807) is 0 Å². The van der Waals surface area contributed by atoms with E-state index in [0.29, 0.717) is 24.3 Å². The van der Waals surface area contributed by atoms with Gasteiger partial charge in [0.2, 0.25) is 5.91 Å². The molecule has 1 saturated carbocycles. The predicted octanol–water partition coefficient (Wildman–Crippen LogP) is 2.03. The summed E-state index contributed by atoms with van der Waals surface area (Å²) in [5, 5.41) is 3.07. The number of carbonyl (C=O) groups is 1. The van der Waals surface area contributed by atoms with Crippen LogP contribution in [0.1, 0.15) is 38.2 Å². The summed E-state index contributed by atoms with van der Waals surface area (Å²) in [6.45, 7) is 4.09. The van der Waals surface area contributed by atoms with Crippen LogP contribution in [0.4, 0.5) is 0 Å². The number of hydrogen-bond acceptors (Lipinski definition) is 2. The standard InChI is InChI=1S/C15H22N2O/c1-10(2)13(16)9-15(18)17-14-8-12(14)11-6-4-3-5-7-11/h3-7,10,12-14H,8-9,16H2,1-2H3,(H,17,18). The second-order valence-electron chi connectivity index (χ2n) is 5.54. The van der Waals surface area contributed by atoms with Crippen molar-refractivity contribution in [2.24, 2.45) is 11.7 Å². The first-order valence-corrected chi connectivity index (χ1v) is 6.68. The van der Waals surface area contributed by atoms with Crippen molar-refractivity contribution in [2.45, 2.75) is 44.7 Å². The Kier molecular flexibility index (Phi) is 4.02. The van der Waals surface area contributed by atoms with Crippen molar-refractivity contribution in [3.05, 3.63) is 35.9 Å². The van der Waals surface area contributed by atoms with Gasteiger partial charge in [0.25, 0.3) is 0 Å². The molecule has 1 aromatic rings. The largest absolute Gasteiger partial charge is 0.353 e. The summed E-state index contributed by atoms with van der Waals surface area (Å²) < 4.78 is 0. The summed E-state index contributed by atoms with van der Waals surface area (Å²) in [5.41, 5.74) is 7.21. The molecule has 18 heavy (non-hydrogen) atoms. The number of rotatable bonds is 5. The molecule has 3 nitrogen and oxygen atoms in total. The van der Waals surface area contributed by atoms with Gasteiger partial charge in [-0.3, -0.25) is 4.79 Å². The Morgan fingerprint density at radius 1 is 1.39 bits per heavy atom. The summed E-state index contributed by atoms with van der Waals surface area (Å²) in [7, 11) is 0. The van der Waals surface area contributed by atoms with E-state index < -0.39 is 0 Å². The Bertz CT molecular complexity index is 402. The van der Waals surface area contributed by atoms with Gasteiger partial charge in [-0.15, -0.1) is 0 Å². The monoisotopic (exact) mass is 246 g/mol. The molecular formula is C15H22N2O. The van der Waals surface area contributed by atoms with Crippen molar-refractivity contribution in [1.82, 2.24) is 5.32 Å². The summed E-state index contributed by atoms with van der Waals surface area (Å²) in [4.78, 5) is 11.8. The van der Waals surface area contributed by atoms with Crippen LogP contribution >= 0.6 is 0 Å². The fraction of sp³-hybridized carbons (Fsp3) is 0.533. The molecule has 0 aromatic heterocycles. The minimum atomic E-state index is -0.0427. The smallest absolute Gasteiger partial charge is 0.221 e. The van der Waals surface area contributed by atoms with Crippen LogP contribution in [0.3, 0.4) is 0 Å². The van der Waals surface area contributed by atoms with Crippen LogP contribution in [0.15, 0.2) is 30.3 Å². The topological polar surface area (TPSA) is 55.1 Å². The lowest BCUT2D eigenvalue weighted by Crippen LogP contribution is -2.36. The van der Waals surface area contributed by atoms with Gasteiger partial charge in [0, 0.05) is 24.4 Å². The Labute approximate surface area is 109 Å². The van der Waals surface area contributed by atoms with E-state index in [1.165, 1.54) is 5.56 Å². The van der Waals surface area contributed by atoms with Crippen LogP contribution < -0.4 is 11.1 Å². The van der Waals surface area contributed by atoms with Crippen molar-refractivity contribution in [2.75, 3.05) is 0 Å². The molecule has 2 rings (SSSR count). The van der Waals surface area contributed by atoms with Gasteiger partial charge >= 0.3 is 0 Å². The Morgan fingerprint density at radius 2 is 2.06 bits per heavy atom. The highest BCUT2D eigenvalue weighted by atomic mass is 16.1. The van der Waals surface area contributed by atoms with E-state index in [4.69, 9.17) is 5.73 Å². The molecule has 1 aliphatic rings. The third kappa shape index (κ3) is 3.33. The van der Waals surface area contributed by atoms with Gasteiger partial charge in [-0.05, 0) is 17.9 Å². The number of amides is 1. The molecule has 3 heteroatoms. The van der Waals surface area contributed by atoms with Gasteiger partial charge in [-0.25, -0.2) is 0 Å². The van der Waals surface area contributed by atoms with E-state index in [-0.39, 0.29) is 11.9 Å². The summed E-state index contributed by atoms with van der Waals surface area (Å²) in [6.07, 6.45) is 1.47. The third-order valence-electron chi connectivity index (χ3n) is 3.64. The zero-order valence-electron chi connectivity index (χ0n) is 11.1. The SMILES string of the molecule is CC(C)C(N)CC(=O)NC1CC1c1ccccc1. The maximum atomic E-state index is 11.8. The van der Waals surface area contributed by atoms with E-state index in [9.17, 15) is 4.79 Å². The van der Waals surface area contributed by atoms with Gasteiger partial charge in [0.15, 0.2) is 0 Å². The lowest BCUT2D eigenvalue weighted by Gasteiger charge is -2.15. The normalized spacial score (nSPS) is 23.8. The van der Waals surface area contributed by atoms with Crippen LogP contribution in [0, 0.1) is 5.92 Å². The molecule has 0 spiro atoms. The van der Waals surface area contributed by atoms with Gasteiger partial charge in [-0.1, -0.05) is 44.2 Å². The van der Waals surface area contributed by atoms with Crippen molar-refractivity contribution < 1.29 is 4.79 Å². The molecule has 1 amide bonds. The number of nitrogens with two attached hydrogens (primary N) is 1. The second-order valence-corrected chi connectivity index (χ2v) is 5.54. The molecule has 3 N–H and O–H groups in total. The number of hydrogen-bond donors (Lipinski definition) is 2. The third-order valence-corrected chi connectivity index (χ3v) is 3.64. The van der Waals surface area contributed by atoms with E-state index in [2.05, 4.69) is 17.4 Å². The Hall–Kier alpha value is -1.35. The highest BCUT2D eigenvalue weighted by molar-refractivity contribution is 5.77. The fourth-order valence-electron chi connectivity index (χ4n) is 2.14. The van der Waals surface area contributed by atoms with Crippen molar-refractivity contribution >= 4 is 5.91 Å². The van der Waals surface area contributed by atoms with Crippen LogP contribution in [0.2, 0.25) is 0 Å². The van der Waals surface area contributed by atoms with Crippen LogP contribution in [-0.4, -0.2) is 18.0 Å². The first-order chi connectivity index (χ1) is 8.58. The molecule has 0 radical (unpaired) electrons. The zero-order valence-corrected chi connectivity index (χ0v) is 11.1. The van der Waals surface area contributed by atoms with Crippen LogP contribution in [-0.2, 0) is 4.79 Å². The Morgan fingerprint density at radius 3 is 2.67 bits per heavy atom. The second kappa shape index (κ2) is 5.53. The first-order valence-electron chi connectivity index (χ1n) is 6.68. The number of benzene rings is 1. The molecule has 3 unspecified atom stereocenters. The zero-order chi connectivity index (χ0) is 13.1. The predicted molar refractivity (Wildman–Crippen MR) is 73.2 cm³/mol. The van der Waals surface area contributed by atoms with E-state index in [1.807, 2.05) is 32.0 Å². The average Bonchev–Trinajstić information content (AvgIpc) is 3.09. The lowest BCUT2D eigenvalue weighted by molar-refractivity contribution is -0.121. The number of nitrogens with one attached hydrogen (secondary N) is 1. The molecule has 1 fully saturated rings. The van der Waals surface area contributed by atoms with Crippen molar-refractivity contribution in [3.63, 3.8) is 0 Å². The molecule has 0 bridgehead atoms. The first kappa shape index (κ1) is 13.1. The molecule has 0 heterocycles. The fourth-order valence-corrected chi connectivity index (χ4v) is 2.14. The maximum Gasteiger partial charge on any atom is 0.221 e. The summed E-state index contributed by atoms with van der Waals surface area (Å²) in [5.74, 6) is 0.921. The molecule has 98 valence electrons. The van der Waals surface area contributed by atoms with Gasteiger partial charge in [-0.2, -0.15) is 0 Å². The molecular weight excluding hydrogens is 224 g/mol. The molecule has 1 aromatic carbocycles. The molecule has 0 saturated heterocycles. The summed E-state index contributed by atoms with van der Waals surface area (Å²) >= 11 is 0. The van der Waals surface area contributed by atoms with Gasteiger partial charge < -0.3 is 11.1 Å².